The highest BCUT2D eigenvalue weighted by Crippen LogP contribution is 2.34. The number of hydrogen-bond acceptors (Lipinski definition) is 4. The van der Waals surface area contributed by atoms with Gasteiger partial charge in [-0.15, -0.1) is 24.0 Å². The molecule has 0 radical (unpaired) electrons. The van der Waals surface area contributed by atoms with E-state index in [4.69, 9.17) is 23.2 Å². The van der Waals surface area contributed by atoms with E-state index in [-0.39, 0.29) is 65.0 Å². The zero-order chi connectivity index (χ0) is 19.7. The molecule has 0 aliphatic rings. The quantitative estimate of drug-likeness (QED) is 0.187. The predicted molar refractivity (Wildman–Crippen MR) is 114 cm³/mol. The Hall–Kier alpha value is -0.630. The first-order valence-corrected chi connectivity index (χ1v) is 10.2. The maximum atomic E-state index is 12.6. The first kappa shape index (κ1) is 26.4. The van der Waals surface area contributed by atoms with Crippen molar-refractivity contribution in [1.29, 1.82) is 0 Å². The van der Waals surface area contributed by atoms with Gasteiger partial charge in [0.15, 0.2) is 5.96 Å². The number of halogens is 5. The first-order chi connectivity index (χ1) is 12.1. The number of nitrogens with one attached hydrogen (secondary N) is 3. The Morgan fingerprint density at radius 2 is 1.93 bits per heavy atom. The molecule has 0 aliphatic heterocycles. The predicted octanol–water partition coefficient (Wildman–Crippen LogP) is 2.82. The van der Waals surface area contributed by atoms with Crippen LogP contribution in [0, 0.1) is 0 Å². The molecule has 0 amide bonds. The van der Waals surface area contributed by atoms with Crippen LogP contribution in [0.5, 0.6) is 5.75 Å². The van der Waals surface area contributed by atoms with Crippen LogP contribution in [0.25, 0.3) is 0 Å². The summed E-state index contributed by atoms with van der Waals surface area (Å²) in [6.45, 7) is -0.251. The van der Waals surface area contributed by atoms with E-state index in [2.05, 4.69) is 25.1 Å². The van der Waals surface area contributed by atoms with E-state index >= 15 is 0 Å². The van der Waals surface area contributed by atoms with Gasteiger partial charge in [0.2, 0.25) is 10.0 Å². The Balaban J connectivity index is 0.00000676. The fourth-order valence-electron chi connectivity index (χ4n) is 1.88. The molecular weight excluding hydrogens is 540 g/mol. The lowest BCUT2D eigenvalue weighted by Gasteiger charge is -2.14. The highest BCUT2D eigenvalue weighted by Gasteiger charge is 2.15. The van der Waals surface area contributed by atoms with Gasteiger partial charge in [-0.1, -0.05) is 23.2 Å². The van der Waals surface area contributed by atoms with Gasteiger partial charge in [-0.3, -0.25) is 0 Å². The van der Waals surface area contributed by atoms with Gasteiger partial charge in [-0.25, -0.2) is 18.1 Å². The van der Waals surface area contributed by atoms with Crippen molar-refractivity contribution in [2.24, 2.45) is 4.99 Å². The number of benzene rings is 1. The van der Waals surface area contributed by atoms with E-state index in [1.807, 2.05) is 6.92 Å². The molecule has 156 valence electrons. The Morgan fingerprint density at radius 1 is 1.26 bits per heavy atom. The van der Waals surface area contributed by atoms with Gasteiger partial charge in [0, 0.05) is 30.2 Å². The van der Waals surface area contributed by atoms with Gasteiger partial charge >= 0.3 is 6.61 Å². The summed E-state index contributed by atoms with van der Waals surface area (Å²) in [4.78, 5) is 4.24. The van der Waals surface area contributed by atoms with Gasteiger partial charge in [-0.05, 0) is 19.1 Å². The molecule has 0 fully saturated rings. The van der Waals surface area contributed by atoms with E-state index < -0.39 is 16.6 Å². The fraction of sp³-hybridized carbons (Fsp3) is 0.500. The Bertz CT molecular complexity index is 739. The molecule has 7 nitrogen and oxygen atoms in total. The fourth-order valence-corrected chi connectivity index (χ4v) is 2.93. The topological polar surface area (TPSA) is 91.8 Å². The minimum Gasteiger partial charge on any atom is -0.433 e. The number of ether oxygens (including phenoxy) is 1. The van der Waals surface area contributed by atoms with Gasteiger partial charge in [0.25, 0.3) is 0 Å². The van der Waals surface area contributed by atoms with Gasteiger partial charge in [-0.2, -0.15) is 8.78 Å². The van der Waals surface area contributed by atoms with Crippen molar-refractivity contribution in [3.63, 3.8) is 0 Å². The molecule has 1 rings (SSSR count). The van der Waals surface area contributed by atoms with Crippen LogP contribution in [0.1, 0.15) is 12.5 Å². The molecule has 0 unspecified atom stereocenters. The van der Waals surface area contributed by atoms with E-state index in [0.29, 0.717) is 12.5 Å². The number of aliphatic imine (C=N–C) groups is 1. The van der Waals surface area contributed by atoms with Crippen LogP contribution in [-0.2, 0) is 16.6 Å². The third-order valence-electron chi connectivity index (χ3n) is 2.83. The van der Waals surface area contributed by atoms with Crippen molar-refractivity contribution in [1.82, 2.24) is 15.4 Å². The Kier molecular flexibility index (Phi) is 12.5. The zero-order valence-corrected chi connectivity index (χ0v) is 19.2. The second kappa shape index (κ2) is 12.8. The maximum absolute atomic E-state index is 12.6. The first-order valence-electron chi connectivity index (χ1n) is 7.52. The normalized spacial score (nSPS) is 11.9. The van der Waals surface area contributed by atoms with Gasteiger partial charge in [0.1, 0.15) is 5.75 Å². The van der Waals surface area contributed by atoms with Crippen LogP contribution in [0.2, 0.25) is 10.0 Å². The van der Waals surface area contributed by atoms with E-state index in [0.717, 1.165) is 6.26 Å². The molecule has 0 aromatic heterocycles. The van der Waals surface area contributed by atoms with Crippen LogP contribution < -0.4 is 20.1 Å². The molecule has 3 N–H and O–H groups in total. The average molecular weight is 561 g/mol. The summed E-state index contributed by atoms with van der Waals surface area (Å²) in [6, 6.07) is 2.73. The van der Waals surface area contributed by atoms with Crippen molar-refractivity contribution in [2.45, 2.75) is 20.1 Å². The summed E-state index contributed by atoms with van der Waals surface area (Å²) in [6.07, 6.45) is 1.06. The summed E-state index contributed by atoms with van der Waals surface area (Å²) in [7, 11) is -3.28. The van der Waals surface area contributed by atoms with E-state index in [1.165, 1.54) is 12.1 Å². The number of alkyl halides is 2. The molecule has 0 bridgehead atoms. The molecule has 1 aromatic carbocycles. The summed E-state index contributed by atoms with van der Waals surface area (Å²) in [5.74, 6) is 0.173. The zero-order valence-electron chi connectivity index (χ0n) is 14.6. The summed E-state index contributed by atoms with van der Waals surface area (Å²) >= 11 is 11.8. The standard InChI is InChI=1S/C14H20Cl2F2N4O3S.HI/c1-3-19-14(20-4-5-22-26(2,23)24)21-8-9-6-10(15)7-11(16)12(9)25-13(17)18;/h6-7,13,22H,3-5,8H2,1-2H3,(H2,19,20,21);1H. The van der Waals surface area contributed by atoms with Crippen LogP contribution in [0.3, 0.4) is 0 Å². The lowest BCUT2D eigenvalue weighted by molar-refractivity contribution is -0.0503. The van der Waals surface area contributed by atoms with Crippen molar-refractivity contribution in [3.05, 3.63) is 27.7 Å². The molecule has 0 aliphatic carbocycles. The molecule has 1 aromatic rings. The second-order valence-electron chi connectivity index (χ2n) is 5.04. The second-order valence-corrected chi connectivity index (χ2v) is 7.72. The summed E-state index contributed by atoms with van der Waals surface area (Å²) in [5.41, 5.74) is 0.286. The lowest BCUT2D eigenvalue weighted by Crippen LogP contribution is -2.41. The van der Waals surface area contributed by atoms with Crippen molar-refractivity contribution in [3.8, 4) is 5.75 Å². The maximum Gasteiger partial charge on any atom is 0.387 e. The molecule has 0 atom stereocenters. The number of nitrogens with zero attached hydrogens (tertiary/aromatic N) is 1. The number of rotatable bonds is 9. The Labute approximate surface area is 184 Å². The minimum absolute atomic E-state index is 0. The number of guanidine groups is 1. The molecule has 0 saturated carbocycles. The molecule has 27 heavy (non-hydrogen) atoms. The third-order valence-corrected chi connectivity index (χ3v) is 4.05. The molecule has 0 heterocycles. The van der Waals surface area contributed by atoms with Crippen LogP contribution in [0.15, 0.2) is 17.1 Å². The summed E-state index contributed by atoms with van der Waals surface area (Å²) < 4.78 is 54.0. The monoisotopic (exact) mass is 560 g/mol. The summed E-state index contributed by atoms with van der Waals surface area (Å²) in [5, 5.41) is 6.07. The van der Waals surface area contributed by atoms with E-state index in [1.54, 1.807) is 0 Å². The van der Waals surface area contributed by atoms with Crippen LogP contribution >= 0.6 is 47.2 Å². The number of hydrogen-bond donors (Lipinski definition) is 3. The largest absolute Gasteiger partial charge is 0.433 e. The molecule has 13 heteroatoms. The van der Waals surface area contributed by atoms with Crippen molar-refractivity contribution >= 4 is 63.2 Å². The highest BCUT2D eigenvalue weighted by molar-refractivity contribution is 14.0. The van der Waals surface area contributed by atoms with Crippen LogP contribution in [-0.4, -0.2) is 46.9 Å². The molecule has 0 saturated heterocycles. The van der Waals surface area contributed by atoms with E-state index in [9.17, 15) is 17.2 Å². The molecular formula is C14H21Cl2F2IN4O3S. The van der Waals surface area contributed by atoms with Crippen molar-refractivity contribution < 1.29 is 21.9 Å². The Morgan fingerprint density at radius 3 is 2.48 bits per heavy atom. The van der Waals surface area contributed by atoms with Crippen molar-refractivity contribution in [2.75, 3.05) is 25.9 Å². The van der Waals surface area contributed by atoms with Gasteiger partial charge in [0.05, 0.1) is 17.8 Å². The van der Waals surface area contributed by atoms with Gasteiger partial charge < -0.3 is 15.4 Å². The third kappa shape index (κ3) is 11.1. The average Bonchev–Trinajstić information content (AvgIpc) is 2.50. The number of sulfonamides is 1. The smallest absolute Gasteiger partial charge is 0.387 e. The lowest BCUT2D eigenvalue weighted by atomic mass is 10.2. The SMILES string of the molecule is CCNC(=NCc1cc(Cl)cc(Cl)c1OC(F)F)NCCNS(C)(=O)=O.I. The minimum atomic E-state index is -3.28. The highest BCUT2D eigenvalue weighted by atomic mass is 127. The molecule has 0 spiro atoms. The van der Waals surface area contributed by atoms with Crippen LogP contribution in [0.4, 0.5) is 8.78 Å².